The monoisotopic (exact) mass is 359 g/mol. The average Bonchev–Trinajstić information content (AvgIpc) is 2.73. The maximum absolute atomic E-state index is 13.2. The van der Waals surface area contributed by atoms with E-state index in [9.17, 15) is 4.79 Å². The second-order valence-electron chi connectivity index (χ2n) is 7.37. The number of nitrogens with zero attached hydrogens (tertiary/aromatic N) is 2. The van der Waals surface area contributed by atoms with Gasteiger partial charge in [0.1, 0.15) is 0 Å². The van der Waals surface area contributed by atoms with E-state index in [1.165, 1.54) is 11.1 Å². The highest BCUT2D eigenvalue weighted by molar-refractivity contribution is 6.07. The van der Waals surface area contributed by atoms with Crippen LogP contribution < -0.4 is 5.73 Å². The second kappa shape index (κ2) is 7.49. The number of aromatic nitrogens is 1. The van der Waals surface area contributed by atoms with Crippen LogP contribution in [-0.2, 0) is 6.54 Å². The van der Waals surface area contributed by atoms with Crippen LogP contribution in [-0.4, -0.2) is 28.9 Å². The van der Waals surface area contributed by atoms with Crippen molar-refractivity contribution in [1.82, 2.24) is 9.88 Å². The quantitative estimate of drug-likeness (QED) is 0.768. The molecule has 1 aromatic heterocycles. The molecule has 1 aliphatic heterocycles. The van der Waals surface area contributed by atoms with Crippen molar-refractivity contribution >= 4 is 16.7 Å². The standard InChI is InChI=1S/C23H25N3O/c1-16-14-25-15-22-20(16)6-3-7-21(22)23(27)26-10-8-18(9-11-26)19-5-2-4-17(12-19)13-24/h2-7,12,14-15,18H,8-11,13,24H2,1H3. The van der Waals surface area contributed by atoms with Crippen molar-refractivity contribution in [3.63, 3.8) is 0 Å². The first-order valence-corrected chi connectivity index (χ1v) is 9.59. The van der Waals surface area contributed by atoms with Crippen LogP contribution in [0.4, 0.5) is 0 Å². The molecule has 4 nitrogen and oxygen atoms in total. The van der Waals surface area contributed by atoms with Crippen LogP contribution in [0.25, 0.3) is 10.8 Å². The third-order valence-corrected chi connectivity index (χ3v) is 5.67. The van der Waals surface area contributed by atoms with Crippen molar-refractivity contribution in [2.45, 2.75) is 32.2 Å². The minimum atomic E-state index is 0.113. The molecule has 1 aliphatic rings. The van der Waals surface area contributed by atoms with Crippen molar-refractivity contribution in [3.05, 3.63) is 77.1 Å². The van der Waals surface area contributed by atoms with Crippen LogP contribution in [0.2, 0.25) is 0 Å². The molecule has 0 bridgehead atoms. The number of hydrogen-bond donors (Lipinski definition) is 1. The van der Waals surface area contributed by atoms with E-state index in [-0.39, 0.29) is 5.91 Å². The summed E-state index contributed by atoms with van der Waals surface area (Å²) in [6.07, 6.45) is 5.63. The molecule has 0 radical (unpaired) electrons. The van der Waals surface area contributed by atoms with Gasteiger partial charge in [0.25, 0.3) is 5.91 Å². The van der Waals surface area contributed by atoms with Crippen molar-refractivity contribution in [2.75, 3.05) is 13.1 Å². The summed E-state index contributed by atoms with van der Waals surface area (Å²) < 4.78 is 0. The lowest BCUT2D eigenvalue weighted by atomic mass is 9.88. The summed E-state index contributed by atoms with van der Waals surface area (Å²) in [5.41, 5.74) is 10.1. The lowest BCUT2D eigenvalue weighted by Gasteiger charge is -2.32. The van der Waals surface area contributed by atoms with Gasteiger partial charge in [-0.1, -0.05) is 36.4 Å². The lowest BCUT2D eigenvalue weighted by Crippen LogP contribution is -2.38. The second-order valence-corrected chi connectivity index (χ2v) is 7.37. The topological polar surface area (TPSA) is 59.2 Å². The van der Waals surface area contributed by atoms with Crippen LogP contribution in [0.1, 0.15) is 45.8 Å². The molecule has 2 aromatic carbocycles. The highest BCUT2D eigenvalue weighted by Crippen LogP contribution is 2.30. The van der Waals surface area contributed by atoms with Gasteiger partial charge in [0, 0.05) is 43.0 Å². The highest BCUT2D eigenvalue weighted by atomic mass is 16.2. The zero-order valence-electron chi connectivity index (χ0n) is 15.7. The van der Waals surface area contributed by atoms with Gasteiger partial charge >= 0.3 is 0 Å². The van der Waals surface area contributed by atoms with E-state index in [1.54, 1.807) is 6.20 Å². The van der Waals surface area contributed by atoms with E-state index in [0.717, 1.165) is 47.8 Å². The number of pyridine rings is 1. The Hall–Kier alpha value is -2.72. The molecular formula is C23H25N3O. The number of benzene rings is 2. The molecule has 138 valence electrons. The fourth-order valence-corrected chi connectivity index (χ4v) is 4.09. The third-order valence-electron chi connectivity index (χ3n) is 5.67. The Morgan fingerprint density at radius 2 is 1.89 bits per heavy atom. The first-order valence-electron chi connectivity index (χ1n) is 9.59. The number of hydrogen-bond acceptors (Lipinski definition) is 3. The Morgan fingerprint density at radius 3 is 2.67 bits per heavy atom. The lowest BCUT2D eigenvalue weighted by molar-refractivity contribution is 0.0715. The zero-order chi connectivity index (χ0) is 18.8. The van der Waals surface area contributed by atoms with E-state index in [2.05, 4.69) is 35.3 Å². The van der Waals surface area contributed by atoms with Gasteiger partial charge in [0.15, 0.2) is 0 Å². The van der Waals surface area contributed by atoms with Crippen LogP contribution in [0, 0.1) is 6.92 Å². The highest BCUT2D eigenvalue weighted by Gasteiger charge is 2.25. The van der Waals surface area contributed by atoms with Crippen molar-refractivity contribution in [2.24, 2.45) is 5.73 Å². The summed E-state index contributed by atoms with van der Waals surface area (Å²) in [6.45, 7) is 4.17. The zero-order valence-corrected chi connectivity index (χ0v) is 15.7. The molecule has 27 heavy (non-hydrogen) atoms. The first kappa shape index (κ1) is 17.7. The Bertz CT molecular complexity index is 974. The predicted molar refractivity (Wildman–Crippen MR) is 109 cm³/mol. The summed E-state index contributed by atoms with van der Waals surface area (Å²) in [4.78, 5) is 19.4. The van der Waals surface area contributed by atoms with Crippen molar-refractivity contribution < 1.29 is 4.79 Å². The predicted octanol–water partition coefficient (Wildman–Crippen LogP) is 4.02. The summed E-state index contributed by atoms with van der Waals surface area (Å²) >= 11 is 0. The number of carbonyl (C=O) groups is 1. The molecule has 0 saturated carbocycles. The van der Waals surface area contributed by atoms with E-state index >= 15 is 0 Å². The number of rotatable bonds is 3. The summed E-state index contributed by atoms with van der Waals surface area (Å²) in [5, 5.41) is 2.05. The van der Waals surface area contributed by atoms with Crippen LogP contribution >= 0.6 is 0 Å². The van der Waals surface area contributed by atoms with Gasteiger partial charge < -0.3 is 10.6 Å². The SMILES string of the molecule is Cc1cncc2c(C(=O)N3CCC(c4cccc(CN)c4)CC3)cccc12. The Balaban J connectivity index is 1.52. The van der Waals surface area contributed by atoms with Gasteiger partial charge in [-0.25, -0.2) is 0 Å². The van der Waals surface area contributed by atoms with Gasteiger partial charge in [-0.2, -0.15) is 0 Å². The van der Waals surface area contributed by atoms with Crippen LogP contribution in [0.5, 0.6) is 0 Å². The Morgan fingerprint density at radius 1 is 1.11 bits per heavy atom. The molecule has 3 aromatic rings. The number of nitrogens with two attached hydrogens (primary N) is 1. The number of carbonyl (C=O) groups excluding carboxylic acids is 1. The molecule has 4 heteroatoms. The third kappa shape index (κ3) is 3.45. The van der Waals surface area contributed by atoms with E-state index in [4.69, 9.17) is 5.73 Å². The summed E-state index contributed by atoms with van der Waals surface area (Å²) in [6, 6.07) is 14.5. The number of fused-ring (bicyclic) bond motifs is 1. The first-order chi connectivity index (χ1) is 13.2. The summed E-state index contributed by atoms with van der Waals surface area (Å²) in [7, 11) is 0. The minimum absolute atomic E-state index is 0.113. The van der Waals surface area contributed by atoms with Crippen molar-refractivity contribution in [1.29, 1.82) is 0 Å². The van der Waals surface area contributed by atoms with Gasteiger partial charge in [0.2, 0.25) is 0 Å². The number of amides is 1. The molecule has 2 heterocycles. The summed E-state index contributed by atoms with van der Waals surface area (Å²) in [5.74, 6) is 0.610. The smallest absolute Gasteiger partial charge is 0.254 e. The molecule has 1 fully saturated rings. The maximum Gasteiger partial charge on any atom is 0.254 e. The Labute approximate surface area is 160 Å². The normalized spacial score (nSPS) is 15.3. The molecule has 1 amide bonds. The molecule has 2 N–H and O–H groups in total. The van der Waals surface area contributed by atoms with Crippen LogP contribution in [0.3, 0.4) is 0 Å². The Kier molecular flexibility index (Phi) is 4.90. The molecule has 1 saturated heterocycles. The minimum Gasteiger partial charge on any atom is -0.339 e. The fraction of sp³-hybridized carbons (Fsp3) is 0.304. The van der Waals surface area contributed by atoms with Gasteiger partial charge in [0.05, 0.1) is 0 Å². The number of piperidine rings is 1. The van der Waals surface area contributed by atoms with E-state index in [1.807, 2.05) is 30.2 Å². The molecule has 0 aliphatic carbocycles. The van der Waals surface area contributed by atoms with E-state index < -0.39 is 0 Å². The number of aryl methyl sites for hydroxylation is 1. The van der Waals surface area contributed by atoms with Gasteiger partial charge in [-0.15, -0.1) is 0 Å². The number of likely N-dealkylation sites (tertiary alicyclic amines) is 1. The molecule has 0 spiro atoms. The fourth-order valence-electron chi connectivity index (χ4n) is 4.09. The van der Waals surface area contributed by atoms with Gasteiger partial charge in [-0.3, -0.25) is 9.78 Å². The molecule has 0 unspecified atom stereocenters. The molecule has 0 atom stereocenters. The molecular weight excluding hydrogens is 334 g/mol. The maximum atomic E-state index is 13.2. The average molecular weight is 359 g/mol. The van der Waals surface area contributed by atoms with Crippen molar-refractivity contribution in [3.8, 4) is 0 Å². The largest absolute Gasteiger partial charge is 0.339 e. The molecule has 4 rings (SSSR count). The van der Waals surface area contributed by atoms with E-state index in [0.29, 0.717) is 12.5 Å². The van der Waals surface area contributed by atoms with Gasteiger partial charge in [-0.05, 0) is 53.8 Å². The van der Waals surface area contributed by atoms with Crippen LogP contribution in [0.15, 0.2) is 54.9 Å².